The third-order valence-electron chi connectivity index (χ3n) is 1.95. The maximum Gasteiger partial charge on any atom is 0.416 e. The van der Waals surface area contributed by atoms with Crippen LogP contribution in [-0.4, -0.2) is 14.8 Å². The highest BCUT2D eigenvalue weighted by Gasteiger charge is 2.32. The molecule has 0 unspecified atom stereocenters. The van der Waals surface area contributed by atoms with Crippen molar-refractivity contribution in [3.63, 3.8) is 0 Å². The minimum absolute atomic E-state index is 0.134. The van der Waals surface area contributed by atoms with E-state index in [1.54, 1.807) is 0 Å². The molecule has 8 heteroatoms. The molecule has 0 amide bonds. The fourth-order valence-corrected chi connectivity index (χ4v) is 1.90. The summed E-state index contributed by atoms with van der Waals surface area (Å²) in [6.45, 7) is 0. The van der Waals surface area contributed by atoms with Crippen molar-refractivity contribution in [2.75, 3.05) is 0 Å². The monoisotopic (exact) mass is 280 g/mol. The molecule has 1 heterocycles. The molecule has 0 saturated heterocycles. The van der Waals surface area contributed by atoms with Crippen LogP contribution in [0.5, 0.6) is 0 Å². The smallest absolute Gasteiger partial charge is 0.217 e. The van der Waals surface area contributed by atoms with Crippen LogP contribution in [0.1, 0.15) is 5.56 Å². The van der Waals surface area contributed by atoms with Crippen LogP contribution in [0.3, 0.4) is 0 Å². The Morgan fingerprint density at radius 1 is 1.18 bits per heavy atom. The molecule has 1 radical (unpaired) electrons. The van der Waals surface area contributed by atoms with Gasteiger partial charge in [-0.1, -0.05) is 23.2 Å². The van der Waals surface area contributed by atoms with E-state index in [-0.39, 0.29) is 15.7 Å². The maximum atomic E-state index is 12.5. The van der Waals surface area contributed by atoms with Crippen LogP contribution in [0, 0.1) is 6.33 Å². The van der Waals surface area contributed by atoms with Crippen molar-refractivity contribution >= 4 is 23.2 Å². The summed E-state index contributed by atoms with van der Waals surface area (Å²) >= 11 is 11.5. The van der Waals surface area contributed by atoms with E-state index in [4.69, 9.17) is 23.2 Å². The third-order valence-corrected chi connectivity index (χ3v) is 2.53. The van der Waals surface area contributed by atoms with Gasteiger partial charge in [0.25, 0.3) is 0 Å². The number of hydrogen-bond acceptors (Lipinski definition) is 2. The van der Waals surface area contributed by atoms with Crippen molar-refractivity contribution in [2.45, 2.75) is 6.18 Å². The predicted molar refractivity (Wildman–Crippen MR) is 55.2 cm³/mol. The lowest BCUT2D eigenvalue weighted by molar-refractivity contribution is -0.137. The highest BCUT2D eigenvalue weighted by Crippen LogP contribution is 2.36. The Bertz CT molecular complexity index is 514. The van der Waals surface area contributed by atoms with Gasteiger partial charge in [-0.3, -0.25) is 0 Å². The van der Waals surface area contributed by atoms with E-state index in [0.29, 0.717) is 0 Å². The summed E-state index contributed by atoms with van der Waals surface area (Å²) in [5, 5.41) is 3.30. The number of halogens is 5. The van der Waals surface area contributed by atoms with Gasteiger partial charge in [0, 0.05) is 0 Å². The Morgan fingerprint density at radius 3 is 2.18 bits per heavy atom. The van der Waals surface area contributed by atoms with Gasteiger partial charge >= 0.3 is 6.18 Å². The summed E-state index contributed by atoms with van der Waals surface area (Å²) in [4.78, 5) is 3.54. The molecule has 0 spiro atoms. The quantitative estimate of drug-likeness (QED) is 0.802. The van der Waals surface area contributed by atoms with Crippen LogP contribution in [0.4, 0.5) is 13.2 Å². The van der Waals surface area contributed by atoms with Crippen molar-refractivity contribution in [2.24, 2.45) is 0 Å². The Labute approximate surface area is 104 Å². The molecule has 0 aliphatic carbocycles. The second kappa shape index (κ2) is 4.19. The molecule has 89 valence electrons. The maximum absolute atomic E-state index is 12.5. The van der Waals surface area contributed by atoms with Gasteiger partial charge in [-0.2, -0.15) is 13.2 Å². The third kappa shape index (κ3) is 2.37. The Balaban J connectivity index is 2.58. The first-order valence-corrected chi connectivity index (χ1v) is 4.99. The fraction of sp³-hybridized carbons (Fsp3) is 0.111. The van der Waals surface area contributed by atoms with Crippen LogP contribution in [0.2, 0.25) is 10.0 Å². The van der Waals surface area contributed by atoms with Gasteiger partial charge in [0.15, 0.2) is 0 Å². The first-order chi connectivity index (χ1) is 7.89. The Kier molecular flexibility index (Phi) is 3.01. The Morgan fingerprint density at radius 2 is 1.76 bits per heavy atom. The molecule has 17 heavy (non-hydrogen) atoms. The normalized spacial score (nSPS) is 11.8. The van der Waals surface area contributed by atoms with E-state index in [9.17, 15) is 13.2 Å². The molecule has 2 aromatic rings. The zero-order valence-electron chi connectivity index (χ0n) is 7.96. The summed E-state index contributed by atoms with van der Waals surface area (Å²) in [6.07, 6.45) is -1.01. The van der Waals surface area contributed by atoms with Crippen LogP contribution in [0.25, 0.3) is 5.69 Å². The topological polar surface area (TPSA) is 30.7 Å². The van der Waals surface area contributed by atoms with Gasteiger partial charge in [0.05, 0.1) is 15.6 Å². The molecule has 0 bridgehead atoms. The zero-order valence-corrected chi connectivity index (χ0v) is 9.48. The Hall–Kier alpha value is -1.27. The van der Waals surface area contributed by atoms with Gasteiger partial charge in [-0.05, 0) is 12.1 Å². The van der Waals surface area contributed by atoms with E-state index in [1.165, 1.54) is 6.33 Å². The summed E-state index contributed by atoms with van der Waals surface area (Å²) < 4.78 is 38.5. The molecule has 1 aromatic carbocycles. The predicted octanol–water partition coefficient (Wildman–Crippen LogP) is 3.39. The molecule has 0 fully saturated rings. The molecule has 0 saturated carbocycles. The SMILES string of the molecule is FC(F)(F)c1cc(Cl)c(-n2cn[c]n2)c(Cl)c1. The molecule has 0 atom stereocenters. The number of nitrogens with zero attached hydrogens (tertiary/aromatic N) is 3. The van der Waals surface area contributed by atoms with Gasteiger partial charge in [-0.15, -0.1) is 5.10 Å². The lowest BCUT2D eigenvalue weighted by Gasteiger charge is -2.11. The number of aromatic nitrogens is 3. The van der Waals surface area contributed by atoms with Crippen LogP contribution in [0.15, 0.2) is 18.5 Å². The lowest BCUT2D eigenvalue weighted by Crippen LogP contribution is -2.06. The summed E-state index contributed by atoms with van der Waals surface area (Å²) in [7, 11) is 0. The number of alkyl halides is 3. The van der Waals surface area contributed by atoms with Crippen molar-refractivity contribution in [3.8, 4) is 5.69 Å². The molecule has 0 N–H and O–H groups in total. The number of hydrogen-bond donors (Lipinski definition) is 0. The van der Waals surface area contributed by atoms with Crippen LogP contribution < -0.4 is 0 Å². The van der Waals surface area contributed by atoms with Crippen LogP contribution in [-0.2, 0) is 6.18 Å². The van der Waals surface area contributed by atoms with Crippen molar-refractivity contribution < 1.29 is 13.2 Å². The van der Waals surface area contributed by atoms with Gasteiger partial charge < -0.3 is 0 Å². The van der Waals surface area contributed by atoms with E-state index >= 15 is 0 Å². The van der Waals surface area contributed by atoms with Gasteiger partial charge in [0.1, 0.15) is 12.0 Å². The molecule has 0 aliphatic rings. The number of rotatable bonds is 1. The lowest BCUT2D eigenvalue weighted by atomic mass is 10.2. The van der Waals surface area contributed by atoms with Gasteiger partial charge in [0.2, 0.25) is 6.33 Å². The second-order valence-corrected chi connectivity index (χ2v) is 3.89. The summed E-state index contributed by atoms with van der Waals surface area (Å²) in [5.41, 5.74) is -0.782. The molecule has 1 aromatic heterocycles. The van der Waals surface area contributed by atoms with Crippen LogP contribution >= 0.6 is 23.2 Å². The molecule has 0 aliphatic heterocycles. The number of benzene rings is 1. The van der Waals surface area contributed by atoms with E-state index < -0.39 is 11.7 Å². The van der Waals surface area contributed by atoms with Crippen molar-refractivity contribution in [1.82, 2.24) is 14.8 Å². The summed E-state index contributed by atoms with van der Waals surface area (Å²) in [6, 6.07) is 1.56. The minimum Gasteiger partial charge on any atom is -0.217 e. The highest BCUT2D eigenvalue weighted by molar-refractivity contribution is 6.37. The first kappa shape index (κ1) is 12.2. The average Bonchev–Trinajstić information content (AvgIpc) is 2.68. The zero-order chi connectivity index (χ0) is 12.6. The minimum atomic E-state index is -4.50. The molecule has 2 rings (SSSR count). The van der Waals surface area contributed by atoms with E-state index in [2.05, 4.69) is 16.4 Å². The average molecular weight is 281 g/mol. The van der Waals surface area contributed by atoms with Gasteiger partial charge in [-0.25, -0.2) is 9.67 Å². The molecule has 3 nitrogen and oxygen atoms in total. The highest BCUT2D eigenvalue weighted by atomic mass is 35.5. The molecular formula is C9H3Cl2F3N3. The summed E-state index contributed by atoms with van der Waals surface area (Å²) in [5.74, 6) is 0. The van der Waals surface area contributed by atoms with Crippen molar-refractivity contribution in [3.05, 3.63) is 40.4 Å². The first-order valence-electron chi connectivity index (χ1n) is 4.24. The standard InChI is InChI=1S/C9H3Cl2F3N3/c10-6-1-5(9(12,13)14)2-7(11)8(6)17-4-15-3-16-17/h1-2,4H. The fourth-order valence-electron chi connectivity index (χ4n) is 1.24. The van der Waals surface area contributed by atoms with E-state index in [1.807, 2.05) is 0 Å². The second-order valence-electron chi connectivity index (χ2n) is 3.08. The molecular weight excluding hydrogens is 278 g/mol. The largest absolute Gasteiger partial charge is 0.416 e. The van der Waals surface area contributed by atoms with Crippen molar-refractivity contribution in [1.29, 1.82) is 0 Å². The van der Waals surface area contributed by atoms with E-state index in [0.717, 1.165) is 16.8 Å².